The monoisotopic (exact) mass is 275 g/mol. The highest BCUT2D eigenvalue weighted by atomic mass is 19.1. The molecule has 2 aromatic carbocycles. The Morgan fingerprint density at radius 2 is 1.95 bits per heavy atom. The van der Waals surface area contributed by atoms with Crippen molar-refractivity contribution in [2.45, 2.75) is 13.0 Å². The lowest BCUT2D eigenvalue weighted by Gasteiger charge is -2.13. The van der Waals surface area contributed by atoms with Crippen LogP contribution in [-0.2, 0) is 0 Å². The summed E-state index contributed by atoms with van der Waals surface area (Å²) in [6.07, 6.45) is -0.927. The molecule has 0 saturated heterocycles. The fourth-order valence-corrected chi connectivity index (χ4v) is 1.72. The number of aliphatic hydroxyl groups excluding tert-OH is 1. The van der Waals surface area contributed by atoms with Crippen LogP contribution in [0.4, 0.5) is 8.78 Å². The maximum absolute atomic E-state index is 13.5. The molecule has 0 spiro atoms. The maximum atomic E-state index is 13.5. The topological polar surface area (TPSA) is 53.2 Å². The largest absolute Gasteiger partial charge is 0.457 e. The molecule has 2 rings (SSSR count). The molecule has 2 aromatic rings. The Bertz CT molecular complexity index is 678. The molecule has 20 heavy (non-hydrogen) atoms. The highest BCUT2D eigenvalue weighted by Crippen LogP contribution is 2.30. The van der Waals surface area contributed by atoms with Gasteiger partial charge in [0.25, 0.3) is 0 Å². The standard InChI is InChI=1S/C15H11F2NO2/c1-9(19)13-6-11(16)3-5-15(13)20-12-4-2-10(8-18)14(17)7-12/h2-7,9,19H,1H3/t9-/m1/s1. The van der Waals surface area contributed by atoms with E-state index in [2.05, 4.69) is 0 Å². The Morgan fingerprint density at radius 1 is 1.20 bits per heavy atom. The summed E-state index contributed by atoms with van der Waals surface area (Å²) in [5.74, 6) is -0.814. The summed E-state index contributed by atoms with van der Waals surface area (Å²) in [4.78, 5) is 0. The van der Waals surface area contributed by atoms with Gasteiger partial charge < -0.3 is 9.84 Å². The van der Waals surface area contributed by atoms with Gasteiger partial charge in [0.2, 0.25) is 0 Å². The van der Waals surface area contributed by atoms with Crippen molar-refractivity contribution in [3.63, 3.8) is 0 Å². The smallest absolute Gasteiger partial charge is 0.144 e. The van der Waals surface area contributed by atoms with Gasteiger partial charge in [0.15, 0.2) is 0 Å². The molecule has 0 unspecified atom stereocenters. The van der Waals surface area contributed by atoms with Crippen molar-refractivity contribution >= 4 is 0 Å². The first-order chi connectivity index (χ1) is 9.51. The van der Waals surface area contributed by atoms with Gasteiger partial charge in [-0.3, -0.25) is 0 Å². The molecule has 3 nitrogen and oxygen atoms in total. The Hall–Kier alpha value is -2.45. The molecule has 0 aromatic heterocycles. The van der Waals surface area contributed by atoms with Crippen LogP contribution in [-0.4, -0.2) is 5.11 Å². The van der Waals surface area contributed by atoms with E-state index in [0.29, 0.717) is 0 Å². The van der Waals surface area contributed by atoms with Crippen LogP contribution < -0.4 is 4.74 Å². The Labute approximate surface area is 114 Å². The SMILES string of the molecule is C[C@@H](O)c1cc(F)ccc1Oc1ccc(C#N)c(F)c1. The van der Waals surface area contributed by atoms with Crippen molar-refractivity contribution < 1.29 is 18.6 Å². The van der Waals surface area contributed by atoms with Gasteiger partial charge in [0.05, 0.1) is 11.7 Å². The minimum Gasteiger partial charge on any atom is -0.457 e. The van der Waals surface area contributed by atoms with Crippen molar-refractivity contribution in [3.8, 4) is 17.6 Å². The van der Waals surface area contributed by atoms with E-state index in [1.165, 1.54) is 31.2 Å². The van der Waals surface area contributed by atoms with E-state index in [0.717, 1.165) is 12.1 Å². The quantitative estimate of drug-likeness (QED) is 0.929. The number of hydrogen-bond acceptors (Lipinski definition) is 3. The molecule has 102 valence electrons. The van der Waals surface area contributed by atoms with Gasteiger partial charge in [-0.05, 0) is 37.3 Å². The van der Waals surface area contributed by atoms with E-state index in [1.807, 2.05) is 0 Å². The molecule has 0 radical (unpaired) electrons. The van der Waals surface area contributed by atoms with Crippen molar-refractivity contribution in [3.05, 3.63) is 59.2 Å². The molecule has 0 heterocycles. The fraction of sp³-hybridized carbons (Fsp3) is 0.133. The summed E-state index contributed by atoms with van der Waals surface area (Å²) in [6.45, 7) is 1.47. The van der Waals surface area contributed by atoms with Crippen LogP contribution in [0.5, 0.6) is 11.5 Å². The molecular weight excluding hydrogens is 264 g/mol. The lowest BCUT2D eigenvalue weighted by atomic mass is 10.1. The molecule has 0 aliphatic rings. The van der Waals surface area contributed by atoms with Crippen LogP contribution in [0.2, 0.25) is 0 Å². The Kier molecular flexibility index (Phi) is 3.97. The number of ether oxygens (including phenoxy) is 1. The number of nitrogens with zero attached hydrogens (tertiary/aromatic N) is 1. The first-order valence-corrected chi connectivity index (χ1v) is 5.86. The average molecular weight is 275 g/mol. The molecule has 1 atom stereocenters. The molecule has 0 aliphatic heterocycles. The van der Waals surface area contributed by atoms with Crippen LogP contribution in [0.25, 0.3) is 0 Å². The third kappa shape index (κ3) is 2.92. The van der Waals surface area contributed by atoms with Crippen LogP contribution >= 0.6 is 0 Å². The second-order valence-corrected chi connectivity index (χ2v) is 4.21. The number of hydrogen-bond donors (Lipinski definition) is 1. The third-order valence-electron chi connectivity index (χ3n) is 2.71. The van der Waals surface area contributed by atoms with E-state index in [9.17, 15) is 13.9 Å². The molecular formula is C15H11F2NO2. The predicted molar refractivity (Wildman–Crippen MR) is 68.2 cm³/mol. The van der Waals surface area contributed by atoms with Gasteiger partial charge >= 0.3 is 0 Å². The zero-order chi connectivity index (χ0) is 14.7. The molecule has 0 amide bonds. The molecule has 1 N–H and O–H groups in total. The predicted octanol–water partition coefficient (Wildman–Crippen LogP) is 3.68. The fourth-order valence-electron chi connectivity index (χ4n) is 1.72. The van der Waals surface area contributed by atoms with Crippen molar-refractivity contribution in [1.82, 2.24) is 0 Å². The highest BCUT2D eigenvalue weighted by molar-refractivity contribution is 5.42. The summed E-state index contributed by atoms with van der Waals surface area (Å²) < 4.78 is 32.0. The molecule has 5 heteroatoms. The van der Waals surface area contributed by atoms with Gasteiger partial charge in [-0.1, -0.05) is 0 Å². The molecule has 0 bridgehead atoms. The first-order valence-electron chi connectivity index (χ1n) is 5.86. The summed E-state index contributed by atoms with van der Waals surface area (Å²) in [5.41, 5.74) is 0.168. The number of halogens is 2. The number of rotatable bonds is 3. The van der Waals surface area contributed by atoms with Gasteiger partial charge in [-0.25, -0.2) is 8.78 Å². The van der Waals surface area contributed by atoms with E-state index < -0.39 is 17.7 Å². The average Bonchev–Trinajstić information content (AvgIpc) is 2.41. The number of benzene rings is 2. The second kappa shape index (κ2) is 5.68. The van der Waals surface area contributed by atoms with Gasteiger partial charge in [-0.15, -0.1) is 0 Å². The van der Waals surface area contributed by atoms with Crippen molar-refractivity contribution in [2.24, 2.45) is 0 Å². The summed E-state index contributed by atoms with van der Waals surface area (Å²) in [6, 6.07) is 9.17. The summed E-state index contributed by atoms with van der Waals surface area (Å²) in [5, 5.41) is 18.2. The lowest BCUT2D eigenvalue weighted by molar-refractivity contribution is 0.195. The van der Waals surface area contributed by atoms with Crippen LogP contribution in [0.1, 0.15) is 24.2 Å². The summed E-state index contributed by atoms with van der Waals surface area (Å²) >= 11 is 0. The Balaban J connectivity index is 2.35. The van der Waals surface area contributed by atoms with Gasteiger partial charge in [0.1, 0.15) is 29.2 Å². The molecule has 0 saturated carbocycles. The molecule has 0 aliphatic carbocycles. The summed E-state index contributed by atoms with van der Waals surface area (Å²) in [7, 11) is 0. The number of nitriles is 1. The van der Waals surface area contributed by atoms with E-state index in [4.69, 9.17) is 10.00 Å². The third-order valence-corrected chi connectivity index (χ3v) is 2.71. The lowest BCUT2D eigenvalue weighted by Crippen LogP contribution is -1.97. The zero-order valence-corrected chi connectivity index (χ0v) is 10.6. The van der Waals surface area contributed by atoms with Crippen LogP contribution in [0.15, 0.2) is 36.4 Å². The van der Waals surface area contributed by atoms with E-state index in [-0.39, 0.29) is 22.6 Å². The zero-order valence-electron chi connectivity index (χ0n) is 10.6. The van der Waals surface area contributed by atoms with Gasteiger partial charge in [0, 0.05) is 11.6 Å². The Morgan fingerprint density at radius 3 is 2.55 bits per heavy atom. The normalized spacial score (nSPS) is 11.8. The van der Waals surface area contributed by atoms with E-state index >= 15 is 0 Å². The second-order valence-electron chi connectivity index (χ2n) is 4.21. The number of aliphatic hydroxyl groups is 1. The minimum absolute atomic E-state index is 0.0906. The highest BCUT2D eigenvalue weighted by Gasteiger charge is 2.12. The van der Waals surface area contributed by atoms with Crippen LogP contribution in [0.3, 0.4) is 0 Å². The first kappa shape index (κ1) is 14.0. The van der Waals surface area contributed by atoms with Crippen molar-refractivity contribution in [1.29, 1.82) is 5.26 Å². The molecule has 0 fully saturated rings. The van der Waals surface area contributed by atoms with Gasteiger partial charge in [-0.2, -0.15) is 5.26 Å². The minimum atomic E-state index is -0.927. The van der Waals surface area contributed by atoms with Crippen LogP contribution in [0, 0.1) is 23.0 Å². The maximum Gasteiger partial charge on any atom is 0.144 e. The van der Waals surface area contributed by atoms with E-state index in [1.54, 1.807) is 6.07 Å². The van der Waals surface area contributed by atoms with Crippen molar-refractivity contribution in [2.75, 3.05) is 0 Å².